The van der Waals surface area contributed by atoms with Crippen molar-refractivity contribution in [2.75, 3.05) is 6.61 Å². The first kappa shape index (κ1) is 12.7. The summed E-state index contributed by atoms with van der Waals surface area (Å²) in [5, 5.41) is 7.22. The Bertz CT molecular complexity index is 91.1. The Morgan fingerprint density at radius 3 is 2.33 bits per heavy atom. The van der Waals surface area contributed by atoms with E-state index < -0.39 is 16.5 Å². The van der Waals surface area contributed by atoms with Gasteiger partial charge in [0.05, 0.1) is 5.37 Å². The monoisotopic (exact) mass is 161 g/mol. The molecule has 0 aromatic rings. The van der Waals surface area contributed by atoms with E-state index in [-0.39, 0.29) is 42.6 Å². The Labute approximate surface area is 78.4 Å². The van der Waals surface area contributed by atoms with E-state index in [1.165, 1.54) is 0 Å². The Hall–Kier alpha value is 1.03. The summed E-state index contributed by atoms with van der Waals surface area (Å²) in [5.41, 5.74) is 4.95. The van der Waals surface area contributed by atoms with Crippen molar-refractivity contribution in [2.24, 2.45) is 5.73 Å². The van der Waals surface area contributed by atoms with Gasteiger partial charge in [0.2, 0.25) is 0 Å². The number of hydrogen-bond acceptors (Lipinski definition) is 4. The third-order valence-electron chi connectivity index (χ3n) is 0.661. The van der Waals surface area contributed by atoms with Crippen LogP contribution in [0.4, 0.5) is 0 Å². The third kappa shape index (κ3) is 6.92. The second-order valence-corrected chi connectivity index (χ2v) is 2.44. The molecule has 4 nitrogen and oxygen atoms in total. The van der Waals surface area contributed by atoms with E-state index in [0.717, 1.165) is 0 Å². The zero-order valence-electron chi connectivity index (χ0n) is 5.24. The molecule has 0 spiro atoms. The topological polar surface area (TPSA) is 86.4 Å². The zero-order chi connectivity index (χ0) is 6.57. The summed E-state index contributed by atoms with van der Waals surface area (Å²) in [7, 11) is 0. The van der Waals surface area contributed by atoms with Crippen molar-refractivity contribution in [1.82, 2.24) is 0 Å². The van der Waals surface area contributed by atoms with Crippen molar-refractivity contribution in [3.63, 3.8) is 0 Å². The summed E-state index contributed by atoms with van der Waals surface area (Å²) < 4.78 is 19.7. The molecule has 0 amide bonds. The van der Waals surface area contributed by atoms with E-state index in [1.807, 2.05) is 0 Å². The number of hydrogen-bond donors (Lipinski definition) is 2. The number of nitrogens with two attached hydrogens (primary N) is 1. The first-order valence-electron chi connectivity index (χ1n) is 2.13. The predicted molar refractivity (Wildman–Crippen MR) is 28.6 cm³/mol. The van der Waals surface area contributed by atoms with Crippen LogP contribution in [-0.2, 0) is 11.1 Å². The van der Waals surface area contributed by atoms with Crippen LogP contribution in [0.3, 0.4) is 0 Å². The van der Waals surface area contributed by atoms with Gasteiger partial charge >= 0.3 is 29.6 Å². The minimum Gasteiger partial charge on any atom is -0.771 e. The summed E-state index contributed by atoms with van der Waals surface area (Å²) in [4.78, 5) is 0. The van der Waals surface area contributed by atoms with E-state index in [2.05, 4.69) is 0 Å². The van der Waals surface area contributed by atoms with Crippen LogP contribution in [-0.4, -0.2) is 25.8 Å². The second kappa shape index (κ2) is 7.14. The van der Waals surface area contributed by atoms with Gasteiger partial charge in [-0.3, -0.25) is 4.21 Å². The van der Waals surface area contributed by atoms with Gasteiger partial charge in [0.1, 0.15) is 0 Å². The van der Waals surface area contributed by atoms with E-state index in [1.54, 1.807) is 0 Å². The molecule has 0 heterocycles. The molecule has 0 aromatic heterocycles. The number of rotatable bonds is 3. The summed E-state index contributed by atoms with van der Waals surface area (Å²) in [6.07, 6.45) is 0.107. The minimum atomic E-state index is -2.24. The summed E-state index contributed by atoms with van der Waals surface area (Å²) in [6.45, 7) is -0.185. The van der Waals surface area contributed by atoms with Crippen LogP contribution < -0.4 is 35.3 Å². The van der Waals surface area contributed by atoms with Crippen LogP contribution in [0.5, 0.6) is 0 Å². The average Bonchev–Trinajstić information content (AvgIpc) is 1.67. The minimum absolute atomic E-state index is 0. The Kier molecular flexibility index (Phi) is 10.1. The molecule has 0 bridgehead atoms. The zero-order valence-corrected chi connectivity index (χ0v) is 8.06. The molecule has 6 heteroatoms. The van der Waals surface area contributed by atoms with Crippen LogP contribution in [0, 0.1) is 0 Å². The van der Waals surface area contributed by atoms with Gasteiger partial charge in [-0.2, -0.15) is 0 Å². The molecule has 0 aliphatic heterocycles. The molecule has 0 saturated heterocycles. The normalized spacial score (nSPS) is 15.9. The van der Waals surface area contributed by atoms with Gasteiger partial charge in [-0.1, -0.05) is 0 Å². The number of aliphatic hydroxyl groups is 1. The quantitative estimate of drug-likeness (QED) is 0.323. The fourth-order valence-electron chi connectivity index (χ4n) is 0.223. The van der Waals surface area contributed by atoms with Gasteiger partial charge < -0.3 is 15.4 Å². The van der Waals surface area contributed by atoms with Crippen LogP contribution >= 0.6 is 0 Å². The van der Waals surface area contributed by atoms with Gasteiger partial charge in [-0.15, -0.1) is 0 Å². The third-order valence-corrected chi connectivity index (χ3v) is 1.39. The van der Waals surface area contributed by atoms with E-state index in [9.17, 15) is 8.76 Å². The molecular weight excluding hydrogens is 153 g/mol. The van der Waals surface area contributed by atoms with Crippen molar-refractivity contribution in [1.29, 1.82) is 0 Å². The average molecular weight is 161 g/mol. The molecule has 9 heavy (non-hydrogen) atoms. The molecule has 0 aliphatic rings. The fraction of sp³-hybridized carbons (Fsp3) is 1.00. The molecule has 50 valence electrons. The Morgan fingerprint density at radius 1 is 1.78 bits per heavy atom. The van der Waals surface area contributed by atoms with Crippen molar-refractivity contribution < 1.29 is 43.4 Å². The Morgan fingerprint density at radius 2 is 2.22 bits per heavy atom. The standard InChI is InChI=1S/C3H9NO3S.Na/c4-3(1-2-5)8(6)7;/h3,5H,1-2,4H2,(H,6,7);/q;+1/p-1. The molecule has 0 fully saturated rings. The predicted octanol–water partition coefficient (Wildman–Crippen LogP) is -4.46. The maximum atomic E-state index is 9.85. The smallest absolute Gasteiger partial charge is 0.771 e. The maximum Gasteiger partial charge on any atom is 1.00 e. The molecular formula is C3H8NNaO3S. The molecule has 0 saturated carbocycles. The van der Waals surface area contributed by atoms with Crippen molar-refractivity contribution in [2.45, 2.75) is 11.8 Å². The molecule has 0 rings (SSSR count). The first-order chi connectivity index (χ1) is 3.68. The first-order valence-corrected chi connectivity index (χ1v) is 3.26. The molecule has 0 aliphatic carbocycles. The molecule has 2 atom stereocenters. The van der Waals surface area contributed by atoms with Crippen molar-refractivity contribution in [3.8, 4) is 0 Å². The van der Waals surface area contributed by atoms with E-state index >= 15 is 0 Å². The van der Waals surface area contributed by atoms with Crippen molar-refractivity contribution >= 4 is 11.1 Å². The largest absolute Gasteiger partial charge is 1.00 e. The molecule has 0 radical (unpaired) electrons. The Balaban J connectivity index is 0. The van der Waals surface area contributed by atoms with Gasteiger partial charge in [0.15, 0.2) is 0 Å². The summed E-state index contributed by atoms with van der Waals surface area (Å²) >= 11 is -2.24. The van der Waals surface area contributed by atoms with Crippen molar-refractivity contribution in [3.05, 3.63) is 0 Å². The SMILES string of the molecule is NC(CCO)S(=O)[O-].[Na+]. The summed E-state index contributed by atoms with van der Waals surface area (Å²) in [5.74, 6) is 0. The molecule has 3 N–H and O–H groups in total. The van der Waals surface area contributed by atoms with E-state index in [4.69, 9.17) is 10.8 Å². The second-order valence-electron chi connectivity index (χ2n) is 1.31. The van der Waals surface area contributed by atoms with Crippen LogP contribution in [0.25, 0.3) is 0 Å². The van der Waals surface area contributed by atoms with Gasteiger partial charge in [-0.25, -0.2) is 0 Å². The van der Waals surface area contributed by atoms with Crippen LogP contribution in [0.2, 0.25) is 0 Å². The van der Waals surface area contributed by atoms with Gasteiger partial charge in [-0.05, 0) is 17.5 Å². The fourth-order valence-corrected chi connectivity index (χ4v) is 0.521. The van der Waals surface area contributed by atoms with Gasteiger partial charge in [0, 0.05) is 6.61 Å². The maximum absolute atomic E-state index is 9.85. The number of aliphatic hydroxyl groups excluding tert-OH is 1. The molecule has 0 aromatic carbocycles. The van der Waals surface area contributed by atoms with Crippen LogP contribution in [0.1, 0.15) is 6.42 Å². The van der Waals surface area contributed by atoms with E-state index in [0.29, 0.717) is 0 Å². The summed E-state index contributed by atoms with van der Waals surface area (Å²) in [6, 6.07) is 0. The van der Waals surface area contributed by atoms with Gasteiger partial charge in [0.25, 0.3) is 0 Å². The molecule has 2 unspecified atom stereocenters. The van der Waals surface area contributed by atoms with Crippen LogP contribution in [0.15, 0.2) is 0 Å².